The number of nitrogens with one attached hydrogen (secondary N) is 4. The molecule has 21 heavy (non-hydrogen) atoms. The fourth-order valence-corrected chi connectivity index (χ4v) is 0. The molecule has 0 aliphatic carbocycles. The summed E-state index contributed by atoms with van der Waals surface area (Å²) >= 11 is 0. The van der Waals surface area contributed by atoms with E-state index in [2.05, 4.69) is 68.5 Å². The van der Waals surface area contributed by atoms with E-state index in [1.165, 1.54) is 0 Å². The molecule has 0 unspecified atom stereocenters. The molecule has 0 aromatic heterocycles. The van der Waals surface area contributed by atoms with Crippen LogP contribution >= 0.6 is 0 Å². The molecular formula is C11H18B4N6-4. The topological polar surface area (TPSA) is 147 Å². The highest BCUT2D eigenvalue weighted by atomic mass is 14.7. The van der Waals surface area contributed by atoms with Crippen LogP contribution in [0.1, 0.15) is 0 Å². The predicted octanol–water partition coefficient (Wildman–Crippen LogP) is -0.0597. The van der Waals surface area contributed by atoms with Crippen LogP contribution in [0.3, 0.4) is 0 Å². The molecule has 0 amide bonds. The number of hydrogen-bond acceptors (Lipinski definition) is 2. The summed E-state index contributed by atoms with van der Waals surface area (Å²) in [6.07, 6.45) is 17.5. The Balaban J connectivity index is -0.0000000218. The van der Waals surface area contributed by atoms with E-state index in [0.717, 1.165) is 0 Å². The molecule has 0 spiro atoms. The molecular weight excluding hydrogens is 259 g/mol. The lowest BCUT2D eigenvalue weighted by Gasteiger charge is -1.91. The third-order valence-electron chi connectivity index (χ3n) is 0. The Morgan fingerprint density at radius 2 is 0.619 bits per heavy atom. The maximum absolute atomic E-state index is 5.88. The second kappa shape index (κ2) is 197. The van der Waals surface area contributed by atoms with Crippen LogP contribution in [-0.4, -0.2) is 51.4 Å². The molecule has 0 aliphatic heterocycles. The Kier molecular flexibility index (Phi) is 400. The fourth-order valence-electron chi connectivity index (χ4n) is 0. The minimum atomic E-state index is -0.250. The van der Waals surface area contributed by atoms with Gasteiger partial charge in [0.25, 0.3) is 0 Å². The molecule has 108 valence electrons. The van der Waals surface area contributed by atoms with Crippen molar-refractivity contribution in [2.75, 3.05) is 20.0 Å². The Bertz CT molecular complexity index is 197. The summed E-state index contributed by atoms with van der Waals surface area (Å²) in [7, 11) is 17.5. The monoisotopic (exact) mass is 278 g/mol. The van der Waals surface area contributed by atoms with Crippen LogP contribution in [0.2, 0.25) is 0 Å². The van der Waals surface area contributed by atoms with E-state index < -0.39 is 0 Å². The van der Waals surface area contributed by atoms with Gasteiger partial charge in [0.15, 0.2) is 31.4 Å². The minimum Gasteiger partial charge on any atom is -0.696 e. The summed E-state index contributed by atoms with van der Waals surface area (Å²) in [5, 5.41) is 0. The summed E-state index contributed by atoms with van der Waals surface area (Å²) in [6.45, 7) is -0.250. The average molecular weight is 278 g/mol. The molecule has 8 radical (unpaired) electrons. The molecule has 0 aromatic carbocycles. The molecule has 0 aromatic rings. The zero-order chi connectivity index (χ0) is 18.9. The molecule has 0 atom stereocenters. The Labute approximate surface area is 135 Å². The van der Waals surface area contributed by atoms with E-state index in [0.29, 0.717) is 0 Å². The number of terminal acetylenes is 4. The number of hydrogen-bond donors (Lipinski definition) is 2. The van der Waals surface area contributed by atoms with Crippen LogP contribution in [0.25, 0.3) is 22.9 Å². The fraction of sp³-hybridized carbons (Fsp3) is 0.273. The van der Waals surface area contributed by atoms with Crippen molar-refractivity contribution in [3.8, 4) is 49.0 Å². The molecule has 0 bridgehead atoms. The van der Waals surface area contributed by atoms with E-state index in [-0.39, 0.29) is 20.0 Å². The SMILES string of the molecule is NCN.[B]C#C.[B]C#C.[B]C#C.[B]C#C.[NH-]C[NH-].[NH-]C[NH-]. The van der Waals surface area contributed by atoms with Gasteiger partial charge in [-0.3, -0.25) is 13.3 Å². The van der Waals surface area contributed by atoms with Crippen LogP contribution < -0.4 is 11.5 Å². The van der Waals surface area contributed by atoms with Crippen LogP contribution in [0.4, 0.5) is 0 Å². The second-order valence-corrected chi connectivity index (χ2v) is 1.26. The zero-order valence-electron chi connectivity index (χ0n) is 11.9. The van der Waals surface area contributed by atoms with Crippen molar-refractivity contribution in [3.63, 3.8) is 0 Å². The molecule has 8 N–H and O–H groups in total. The molecule has 6 nitrogen and oxygen atoms in total. The Morgan fingerprint density at radius 1 is 0.619 bits per heavy atom. The van der Waals surface area contributed by atoms with Crippen molar-refractivity contribution in [2.45, 2.75) is 0 Å². The number of rotatable bonds is 0. The van der Waals surface area contributed by atoms with Crippen molar-refractivity contribution < 1.29 is 0 Å². The lowest BCUT2D eigenvalue weighted by atomic mass is 10.2. The van der Waals surface area contributed by atoms with Gasteiger partial charge in [0.1, 0.15) is 0 Å². The normalized spacial score (nSPS) is 3.90. The highest BCUT2D eigenvalue weighted by molar-refractivity contribution is 6.22. The first-order valence-electron chi connectivity index (χ1n) is 4.54. The third kappa shape index (κ3) is 1590. The van der Waals surface area contributed by atoms with E-state index in [4.69, 9.17) is 22.9 Å². The molecule has 0 aliphatic rings. The van der Waals surface area contributed by atoms with E-state index >= 15 is 0 Å². The van der Waals surface area contributed by atoms with E-state index in [1.54, 1.807) is 23.3 Å². The highest BCUT2D eigenvalue weighted by Gasteiger charge is 1.29. The third-order valence-corrected chi connectivity index (χ3v) is 0. The summed E-state index contributed by atoms with van der Waals surface area (Å²) in [5.74, 6) is 7.00. The smallest absolute Gasteiger partial charge is 0.187 e. The van der Waals surface area contributed by atoms with Crippen molar-refractivity contribution in [1.29, 1.82) is 0 Å². The lowest BCUT2D eigenvalue weighted by Crippen LogP contribution is -2.08. The quantitative estimate of drug-likeness (QED) is 0.363. The van der Waals surface area contributed by atoms with Gasteiger partial charge in [0.2, 0.25) is 0 Å². The average Bonchev–Trinajstić information content (AvgIpc) is 2.35. The highest BCUT2D eigenvalue weighted by Crippen LogP contribution is 1.48. The molecule has 0 rings (SSSR count). The summed E-state index contributed by atoms with van der Waals surface area (Å²) in [5.41, 5.74) is 32.8. The number of nitrogens with two attached hydrogens (primary N) is 2. The molecule has 0 heterocycles. The van der Waals surface area contributed by atoms with Gasteiger partial charge in [-0.2, -0.15) is 23.3 Å². The van der Waals surface area contributed by atoms with Crippen molar-refractivity contribution in [3.05, 3.63) is 22.9 Å². The minimum absolute atomic E-state index is 0.250. The van der Waals surface area contributed by atoms with Gasteiger partial charge in [-0.15, -0.1) is 25.7 Å². The first-order valence-corrected chi connectivity index (χ1v) is 4.54. The van der Waals surface area contributed by atoms with Crippen LogP contribution in [0.15, 0.2) is 0 Å². The van der Waals surface area contributed by atoms with Crippen molar-refractivity contribution in [2.24, 2.45) is 11.5 Å². The summed E-state index contributed by atoms with van der Waals surface area (Å²) in [6, 6.07) is 0. The molecule has 0 saturated carbocycles. The maximum Gasteiger partial charge on any atom is 0.187 e. The van der Waals surface area contributed by atoms with Crippen LogP contribution in [0.5, 0.6) is 0 Å². The van der Waals surface area contributed by atoms with Gasteiger partial charge in [-0.25, -0.2) is 0 Å². The first kappa shape index (κ1) is 42.7. The Morgan fingerprint density at radius 3 is 0.619 bits per heavy atom. The van der Waals surface area contributed by atoms with Crippen molar-refractivity contribution in [1.82, 2.24) is 0 Å². The summed E-state index contributed by atoms with van der Waals surface area (Å²) < 4.78 is 0. The molecule has 0 saturated heterocycles. The van der Waals surface area contributed by atoms with Gasteiger partial charge in [-0.05, 0) is 0 Å². The van der Waals surface area contributed by atoms with E-state index in [9.17, 15) is 0 Å². The second-order valence-electron chi connectivity index (χ2n) is 1.26. The van der Waals surface area contributed by atoms with E-state index in [1.807, 2.05) is 0 Å². The van der Waals surface area contributed by atoms with Crippen LogP contribution in [-0.2, 0) is 0 Å². The zero-order valence-corrected chi connectivity index (χ0v) is 11.9. The van der Waals surface area contributed by atoms with Crippen LogP contribution in [0, 0.1) is 49.0 Å². The first-order chi connectivity index (χ1) is 9.90. The molecule has 10 heteroatoms. The molecule has 0 fully saturated rings. The Hall–Kier alpha value is -1.74. The standard InChI is InChI=1S/4C2HB.CH6N2.2CH4N2/c4*1-2-3;3*2-1-3/h4*1H;1-3H2;2*2-3H,1H2/q;;;;;2*-2. The van der Waals surface area contributed by atoms with Gasteiger partial charge in [-0.1, -0.05) is 0 Å². The lowest BCUT2D eigenvalue weighted by molar-refractivity contribution is 1.07. The van der Waals surface area contributed by atoms with Gasteiger partial charge in [0, 0.05) is 6.67 Å². The van der Waals surface area contributed by atoms with Gasteiger partial charge >= 0.3 is 0 Å². The largest absolute Gasteiger partial charge is 0.696 e. The van der Waals surface area contributed by atoms with Gasteiger partial charge < -0.3 is 34.4 Å². The van der Waals surface area contributed by atoms with Gasteiger partial charge in [0.05, 0.1) is 0 Å². The summed E-state index contributed by atoms with van der Waals surface area (Å²) in [4.78, 5) is 0. The maximum atomic E-state index is 5.88. The predicted molar refractivity (Wildman–Crippen MR) is 98.6 cm³/mol. The van der Waals surface area contributed by atoms with Crippen molar-refractivity contribution >= 4 is 31.4 Å².